The monoisotopic (exact) mass is 714 g/mol. The second kappa shape index (κ2) is 22.8. The predicted octanol–water partition coefficient (Wildman–Crippen LogP) is 8.37. The van der Waals surface area contributed by atoms with E-state index >= 15 is 0 Å². The maximum atomic E-state index is 12.3. The SMILES string of the molecule is COC(=O)/C=C/c1ccc(C)cc1.COC(=O)C=P(c1ccccc1)(c1ccccc1)c1ccccc1.Cc1ccc(C=O)cc1.ClCCl. The van der Waals surface area contributed by atoms with Crippen LogP contribution in [0, 0.1) is 13.8 Å². The van der Waals surface area contributed by atoms with Crippen LogP contribution in [0.5, 0.6) is 0 Å². The summed E-state index contributed by atoms with van der Waals surface area (Å²) in [6.07, 6.45) is 3.98. The lowest BCUT2D eigenvalue weighted by Crippen LogP contribution is -2.28. The van der Waals surface area contributed by atoms with Crippen LogP contribution in [0.15, 0.2) is 146 Å². The zero-order valence-electron chi connectivity index (χ0n) is 28.0. The summed E-state index contributed by atoms with van der Waals surface area (Å²) >= 11 is 9.53. The number of esters is 2. The quantitative estimate of drug-likeness (QED) is 0.0557. The highest BCUT2D eigenvalue weighted by Gasteiger charge is 2.26. The fourth-order valence-electron chi connectivity index (χ4n) is 4.43. The molecule has 0 amide bonds. The Morgan fingerprint density at radius 1 is 0.571 bits per heavy atom. The molecule has 0 aliphatic rings. The molecule has 0 fully saturated rings. The molecule has 0 saturated heterocycles. The maximum Gasteiger partial charge on any atom is 0.331 e. The number of rotatable bonds is 7. The summed E-state index contributed by atoms with van der Waals surface area (Å²) in [5, 5.41) is 3.59. The Balaban J connectivity index is 0.000000278. The average molecular weight is 716 g/mol. The Morgan fingerprint density at radius 3 is 1.24 bits per heavy atom. The van der Waals surface area contributed by atoms with Crippen molar-refractivity contribution in [1.29, 1.82) is 0 Å². The first-order valence-electron chi connectivity index (χ1n) is 15.2. The topological polar surface area (TPSA) is 69.7 Å². The number of alkyl halides is 2. The third-order valence-corrected chi connectivity index (χ3v) is 10.8. The molecule has 0 radical (unpaired) electrons. The number of hydrogen-bond acceptors (Lipinski definition) is 5. The summed E-state index contributed by atoms with van der Waals surface area (Å²) in [4.78, 5) is 33.2. The van der Waals surface area contributed by atoms with E-state index in [1.54, 1.807) is 11.9 Å². The predicted molar refractivity (Wildman–Crippen MR) is 209 cm³/mol. The van der Waals surface area contributed by atoms with Gasteiger partial charge in [0.25, 0.3) is 0 Å². The summed E-state index contributed by atoms with van der Waals surface area (Å²) in [5.41, 5.74) is 4.12. The third kappa shape index (κ3) is 13.8. The van der Waals surface area contributed by atoms with Crippen LogP contribution < -0.4 is 15.9 Å². The molecule has 0 aliphatic heterocycles. The van der Waals surface area contributed by atoms with Gasteiger partial charge in [-0.05, 0) is 48.3 Å². The fraction of sp³-hybridized carbons (Fsp3) is 0.122. The van der Waals surface area contributed by atoms with Crippen molar-refractivity contribution in [2.75, 3.05) is 19.6 Å². The Labute approximate surface area is 300 Å². The van der Waals surface area contributed by atoms with Gasteiger partial charge in [-0.2, -0.15) is 0 Å². The highest BCUT2D eigenvalue weighted by molar-refractivity contribution is 7.95. The molecule has 0 atom stereocenters. The van der Waals surface area contributed by atoms with Crippen molar-refractivity contribution in [3.63, 3.8) is 0 Å². The van der Waals surface area contributed by atoms with Gasteiger partial charge in [0.05, 0.1) is 19.6 Å². The molecule has 5 aromatic rings. The van der Waals surface area contributed by atoms with E-state index in [1.807, 2.05) is 117 Å². The minimum atomic E-state index is -2.23. The standard InChI is InChI=1S/C21H19O2P.C11H12O2.C8H8O.CH2Cl2/c1-23-21(22)17-24(18-11-5-2-6-12-18,19-13-7-3-8-14-19)20-15-9-4-10-16-20;1-9-3-5-10(6-4-9)7-8-11(12)13-2;1-7-2-4-8(6-9)5-3-7;2-1-3/h2-17H,1H3;3-8H,1-2H3;2-6H,1H3;1H2/b;8-7+;;. The van der Waals surface area contributed by atoms with Crippen LogP contribution in [0.25, 0.3) is 6.08 Å². The smallest absolute Gasteiger partial charge is 0.331 e. The molecule has 49 heavy (non-hydrogen) atoms. The van der Waals surface area contributed by atoms with E-state index in [4.69, 9.17) is 27.9 Å². The zero-order valence-corrected chi connectivity index (χ0v) is 30.4. The van der Waals surface area contributed by atoms with Gasteiger partial charge in [0.2, 0.25) is 0 Å². The number of ether oxygens (including phenoxy) is 2. The lowest BCUT2D eigenvalue weighted by molar-refractivity contribution is -0.135. The van der Waals surface area contributed by atoms with Gasteiger partial charge in [-0.3, -0.25) is 4.79 Å². The van der Waals surface area contributed by atoms with Crippen molar-refractivity contribution in [2.24, 2.45) is 0 Å². The Kier molecular flexibility index (Phi) is 18.9. The van der Waals surface area contributed by atoms with Gasteiger partial charge >= 0.3 is 11.9 Å². The lowest BCUT2D eigenvalue weighted by atomic mass is 10.1. The second-order valence-electron chi connectivity index (χ2n) is 10.3. The number of carbonyl (C=O) groups excluding carboxylic acids is 3. The number of methoxy groups -OCH3 is 2. The molecular weight excluding hydrogens is 674 g/mol. The molecule has 0 aliphatic carbocycles. The molecule has 5 nitrogen and oxygen atoms in total. The molecular formula is C41H41Cl2O5P. The number of aryl methyl sites for hydroxylation is 2. The van der Waals surface area contributed by atoms with Gasteiger partial charge in [0.1, 0.15) is 6.29 Å². The summed E-state index contributed by atoms with van der Waals surface area (Å²) in [7, 11) is 2.79. The molecule has 8 heteroatoms. The van der Waals surface area contributed by atoms with Crippen LogP contribution in [0.4, 0.5) is 0 Å². The van der Waals surface area contributed by atoms with Gasteiger partial charge in [0, 0.05) is 17.4 Å². The minimum Gasteiger partial charge on any atom is -0.466 e. The van der Waals surface area contributed by atoms with Crippen molar-refractivity contribution in [2.45, 2.75) is 13.8 Å². The van der Waals surface area contributed by atoms with Gasteiger partial charge in [-0.25, -0.2) is 9.59 Å². The molecule has 254 valence electrons. The number of aldehydes is 1. The van der Waals surface area contributed by atoms with Crippen LogP contribution in [-0.2, 0) is 19.1 Å². The summed E-state index contributed by atoms with van der Waals surface area (Å²) in [6.45, 7) is 1.79. The van der Waals surface area contributed by atoms with Gasteiger partial charge in [-0.1, -0.05) is 151 Å². The molecule has 0 unspecified atom stereocenters. The van der Waals surface area contributed by atoms with E-state index in [0.717, 1.165) is 33.3 Å². The first kappa shape index (κ1) is 40.5. The van der Waals surface area contributed by atoms with Gasteiger partial charge in [-0.15, -0.1) is 23.2 Å². The first-order valence-corrected chi connectivity index (χ1v) is 18.1. The number of benzene rings is 5. The molecule has 0 aromatic heterocycles. The average Bonchev–Trinajstić information content (AvgIpc) is 3.15. The molecule has 0 heterocycles. The second-order valence-corrected chi connectivity index (χ2v) is 14.3. The van der Waals surface area contributed by atoms with Crippen molar-refractivity contribution in [3.05, 3.63) is 168 Å². The highest BCUT2D eigenvalue weighted by Crippen LogP contribution is 2.43. The summed E-state index contributed by atoms with van der Waals surface area (Å²) in [5.74, 6) is 1.13. The van der Waals surface area contributed by atoms with E-state index < -0.39 is 6.89 Å². The van der Waals surface area contributed by atoms with Crippen molar-refractivity contribution in [1.82, 2.24) is 0 Å². The van der Waals surface area contributed by atoms with E-state index in [0.29, 0.717) is 0 Å². The maximum absolute atomic E-state index is 12.3. The van der Waals surface area contributed by atoms with Crippen LogP contribution in [0.3, 0.4) is 0 Å². The fourth-order valence-corrected chi connectivity index (χ4v) is 8.12. The van der Waals surface area contributed by atoms with Crippen LogP contribution in [0.1, 0.15) is 27.0 Å². The zero-order chi connectivity index (χ0) is 35.9. The molecule has 0 spiro atoms. The molecule has 5 aromatic carbocycles. The van der Waals surface area contributed by atoms with Crippen LogP contribution >= 0.6 is 30.1 Å². The lowest BCUT2D eigenvalue weighted by Gasteiger charge is -2.28. The minimum absolute atomic E-state index is 0.194. The van der Waals surface area contributed by atoms with Crippen LogP contribution in [0.2, 0.25) is 0 Å². The van der Waals surface area contributed by atoms with E-state index in [9.17, 15) is 14.4 Å². The van der Waals surface area contributed by atoms with E-state index in [-0.39, 0.29) is 17.3 Å². The largest absolute Gasteiger partial charge is 0.466 e. The van der Waals surface area contributed by atoms with Crippen molar-refractivity contribution in [3.8, 4) is 0 Å². The van der Waals surface area contributed by atoms with Crippen molar-refractivity contribution >= 4 is 76.1 Å². The van der Waals surface area contributed by atoms with Crippen LogP contribution in [-0.4, -0.2) is 43.6 Å². The van der Waals surface area contributed by atoms with Gasteiger partial charge in [0.15, 0.2) is 0 Å². The third-order valence-electron chi connectivity index (χ3n) is 6.89. The van der Waals surface area contributed by atoms with E-state index in [1.165, 1.54) is 31.4 Å². The number of carbonyl (C=O) groups is 3. The Bertz CT molecular complexity index is 1670. The van der Waals surface area contributed by atoms with Gasteiger partial charge < -0.3 is 9.47 Å². The Morgan fingerprint density at radius 2 is 0.918 bits per heavy atom. The summed E-state index contributed by atoms with van der Waals surface area (Å²) < 4.78 is 9.47. The normalized spacial score (nSPS) is 10.1. The highest BCUT2D eigenvalue weighted by atomic mass is 35.5. The first-order chi connectivity index (χ1) is 23.7. The molecule has 0 N–H and O–H groups in total. The number of hydrogen-bond donors (Lipinski definition) is 0. The molecule has 5 rings (SSSR count). The Hall–Kier alpha value is -4.67. The summed E-state index contributed by atoms with van der Waals surface area (Å²) in [6, 6.07) is 46.0. The molecule has 0 saturated carbocycles. The number of halogens is 2. The van der Waals surface area contributed by atoms with Crippen molar-refractivity contribution < 1.29 is 23.9 Å². The molecule has 0 bridgehead atoms. The van der Waals surface area contributed by atoms with E-state index in [2.05, 4.69) is 41.1 Å².